The summed E-state index contributed by atoms with van der Waals surface area (Å²) in [5, 5.41) is 9.32. The maximum Gasteiger partial charge on any atom is 0.221 e. The number of rotatable bonds is 5. The molecule has 8 nitrogen and oxygen atoms in total. The van der Waals surface area contributed by atoms with Gasteiger partial charge in [-0.1, -0.05) is 0 Å². The smallest absolute Gasteiger partial charge is 0.221 e. The molecule has 2 aromatic heterocycles. The fourth-order valence-corrected chi connectivity index (χ4v) is 1.69. The largest absolute Gasteiger partial charge is 0.349 e. The predicted molar refractivity (Wildman–Crippen MR) is 71.1 cm³/mol. The zero-order valence-corrected chi connectivity index (χ0v) is 11.1. The monoisotopic (exact) mass is 274 g/mol. The van der Waals surface area contributed by atoms with Gasteiger partial charge in [0, 0.05) is 6.92 Å². The summed E-state index contributed by atoms with van der Waals surface area (Å²) in [4.78, 5) is 29.7. The third-order valence-corrected chi connectivity index (χ3v) is 2.56. The number of hydrogen-bond acceptors (Lipinski definition) is 5. The SMILES string of the molecule is CC(=O)Nc1ccc(-n2ncnc2C(C)NC=O)nc1. The van der Waals surface area contributed by atoms with Crippen LogP contribution in [0, 0.1) is 0 Å². The van der Waals surface area contributed by atoms with Crippen molar-refractivity contribution < 1.29 is 9.59 Å². The first kappa shape index (κ1) is 13.7. The summed E-state index contributed by atoms with van der Waals surface area (Å²) in [5.74, 6) is 0.952. The second-order valence-electron chi connectivity index (χ2n) is 4.12. The molecule has 0 aliphatic rings. The van der Waals surface area contributed by atoms with E-state index in [4.69, 9.17) is 0 Å². The zero-order chi connectivity index (χ0) is 14.5. The molecule has 0 bridgehead atoms. The minimum Gasteiger partial charge on any atom is -0.349 e. The number of anilines is 1. The molecule has 104 valence electrons. The molecule has 2 N–H and O–H groups in total. The molecule has 0 aliphatic carbocycles. The van der Waals surface area contributed by atoms with Gasteiger partial charge < -0.3 is 10.6 Å². The molecule has 2 amide bonds. The lowest BCUT2D eigenvalue weighted by atomic mass is 10.3. The van der Waals surface area contributed by atoms with E-state index in [-0.39, 0.29) is 11.9 Å². The molecule has 0 saturated carbocycles. The average Bonchev–Trinajstić information content (AvgIpc) is 2.88. The molecule has 0 aromatic carbocycles. The average molecular weight is 274 g/mol. The van der Waals surface area contributed by atoms with Crippen molar-refractivity contribution in [2.24, 2.45) is 0 Å². The molecule has 0 radical (unpaired) electrons. The second kappa shape index (κ2) is 5.91. The molecule has 1 atom stereocenters. The third kappa shape index (κ3) is 2.97. The van der Waals surface area contributed by atoms with E-state index in [0.29, 0.717) is 23.7 Å². The van der Waals surface area contributed by atoms with Crippen molar-refractivity contribution in [1.82, 2.24) is 25.1 Å². The van der Waals surface area contributed by atoms with Crippen molar-refractivity contribution in [3.05, 3.63) is 30.5 Å². The number of hydrogen-bond donors (Lipinski definition) is 2. The van der Waals surface area contributed by atoms with E-state index in [1.54, 1.807) is 19.1 Å². The topological polar surface area (TPSA) is 102 Å². The Morgan fingerprint density at radius 1 is 1.40 bits per heavy atom. The summed E-state index contributed by atoms with van der Waals surface area (Å²) in [6, 6.07) is 3.14. The molecule has 1 unspecified atom stereocenters. The van der Waals surface area contributed by atoms with Crippen molar-refractivity contribution in [2.45, 2.75) is 19.9 Å². The first-order chi connectivity index (χ1) is 9.61. The van der Waals surface area contributed by atoms with Crippen LogP contribution in [0.4, 0.5) is 5.69 Å². The summed E-state index contributed by atoms with van der Waals surface area (Å²) >= 11 is 0. The number of carbonyl (C=O) groups excluding carboxylic acids is 2. The quantitative estimate of drug-likeness (QED) is 0.770. The van der Waals surface area contributed by atoms with Crippen LogP contribution in [0.1, 0.15) is 25.7 Å². The second-order valence-corrected chi connectivity index (χ2v) is 4.12. The summed E-state index contributed by atoms with van der Waals surface area (Å²) in [6.45, 7) is 3.22. The van der Waals surface area contributed by atoms with Crippen LogP contribution in [-0.4, -0.2) is 32.1 Å². The lowest BCUT2D eigenvalue weighted by Gasteiger charge is -2.11. The van der Waals surface area contributed by atoms with Gasteiger partial charge in [-0.15, -0.1) is 0 Å². The highest BCUT2D eigenvalue weighted by Crippen LogP contribution is 2.14. The predicted octanol–water partition coefficient (Wildman–Crippen LogP) is 0.428. The Bertz CT molecular complexity index is 607. The van der Waals surface area contributed by atoms with Crippen molar-refractivity contribution in [3.8, 4) is 5.82 Å². The van der Waals surface area contributed by atoms with Crippen LogP contribution in [0.3, 0.4) is 0 Å². The lowest BCUT2D eigenvalue weighted by molar-refractivity contribution is -0.114. The van der Waals surface area contributed by atoms with Crippen LogP contribution in [0.5, 0.6) is 0 Å². The minimum atomic E-state index is -0.285. The highest BCUT2D eigenvalue weighted by atomic mass is 16.1. The van der Waals surface area contributed by atoms with Gasteiger partial charge in [0.1, 0.15) is 6.33 Å². The maximum absolute atomic E-state index is 10.9. The Balaban J connectivity index is 2.26. The number of pyridine rings is 1. The molecule has 2 aromatic rings. The summed E-state index contributed by atoms with van der Waals surface area (Å²) < 4.78 is 1.53. The Labute approximate surface area is 115 Å². The van der Waals surface area contributed by atoms with Crippen LogP contribution in [0.2, 0.25) is 0 Å². The van der Waals surface area contributed by atoms with E-state index in [9.17, 15) is 9.59 Å². The fourth-order valence-electron chi connectivity index (χ4n) is 1.69. The Hall–Kier alpha value is -2.77. The van der Waals surface area contributed by atoms with Gasteiger partial charge in [0.15, 0.2) is 11.6 Å². The standard InChI is InChI=1S/C12H14N6O2/c1-8(15-7-19)12-14-6-16-18(12)11-4-3-10(5-13-11)17-9(2)20/h3-8H,1-2H3,(H,15,19)(H,17,20). The number of aromatic nitrogens is 4. The normalized spacial score (nSPS) is 11.7. The number of nitrogens with one attached hydrogen (secondary N) is 2. The summed E-state index contributed by atoms with van der Waals surface area (Å²) in [6.07, 6.45) is 3.53. The number of nitrogens with zero attached hydrogens (tertiary/aromatic N) is 4. The van der Waals surface area contributed by atoms with Gasteiger partial charge in [0.2, 0.25) is 12.3 Å². The van der Waals surface area contributed by atoms with Crippen LogP contribution in [0.15, 0.2) is 24.7 Å². The van der Waals surface area contributed by atoms with Crippen LogP contribution < -0.4 is 10.6 Å². The lowest BCUT2D eigenvalue weighted by Crippen LogP contribution is -2.20. The van der Waals surface area contributed by atoms with Gasteiger partial charge in [0.05, 0.1) is 17.9 Å². The molecular weight excluding hydrogens is 260 g/mol. The van der Waals surface area contributed by atoms with E-state index in [0.717, 1.165) is 0 Å². The molecule has 0 spiro atoms. The van der Waals surface area contributed by atoms with Gasteiger partial charge in [-0.05, 0) is 19.1 Å². The Morgan fingerprint density at radius 2 is 2.20 bits per heavy atom. The third-order valence-electron chi connectivity index (χ3n) is 2.56. The highest BCUT2D eigenvalue weighted by Gasteiger charge is 2.14. The van der Waals surface area contributed by atoms with Gasteiger partial charge in [-0.25, -0.2) is 9.97 Å². The van der Waals surface area contributed by atoms with Crippen LogP contribution in [0.25, 0.3) is 5.82 Å². The first-order valence-electron chi connectivity index (χ1n) is 5.95. The van der Waals surface area contributed by atoms with Crippen molar-refractivity contribution in [2.75, 3.05) is 5.32 Å². The van der Waals surface area contributed by atoms with E-state index in [1.807, 2.05) is 0 Å². The van der Waals surface area contributed by atoms with Crippen LogP contribution >= 0.6 is 0 Å². The van der Waals surface area contributed by atoms with E-state index >= 15 is 0 Å². The summed E-state index contributed by atoms with van der Waals surface area (Å²) in [5.41, 5.74) is 0.599. The number of carbonyl (C=O) groups is 2. The molecule has 2 rings (SSSR count). The number of amides is 2. The first-order valence-corrected chi connectivity index (χ1v) is 5.95. The van der Waals surface area contributed by atoms with E-state index in [1.165, 1.54) is 24.1 Å². The van der Waals surface area contributed by atoms with Gasteiger partial charge in [-0.2, -0.15) is 9.78 Å². The summed E-state index contributed by atoms with van der Waals surface area (Å²) in [7, 11) is 0. The van der Waals surface area contributed by atoms with Gasteiger partial charge in [-0.3, -0.25) is 9.59 Å². The molecular formula is C12H14N6O2. The molecule has 0 aliphatic heterocycles. The molecule has 2 heterocycles. The fraction of sp³-hybridized carbons (Fsp3) is 0.250. The maximum atomic E-state index is 10.9. The molecule has 0 saturated heterocycles. The van der Waals surface area contributed by atoms with E-state index < -0.39 is 0 Å². The van der Waals surface area contributed by atoms with Crippen molar-refractivity contribution >= 4 is 18.0 Å². The zero-order valence-electron chi connectivity index (χ0n) is 11.1. The molecule has 20 heavy (non-hydrogen) atoms. The molecule has 8 heteroatoms. The van der Waals surface area contributed by atoms with E-state index in [2.05, 4.69) is 25.7 Å². The Kier molecular flexibility index (Phi) is 4.04. The van der Waals surface area contributed by atoms with Gasteiger partial charge in [0.25, 0.3) is 0 Å². The minimum absolute atomic E-state index is 0.162. The Morgan fingerprint density at radius 3 is 2.80 bits per heavy atom. The van der Waals surface area contributed by atoms with Gasteiger partial charge >= 0.3 is 0 Å². The molecule has 0 fully saturated rings. The highest BCUT2D eigenvalue weighted by molar-refractivity contribution is 5.88. The van der Waals surface area contributed by atoms with Crippen molar-refractivity contribution in [3.63, 3.8) is 0 Å². The van der Waals surface area contributed by atoms with Crippen LogP contribution in [-0.2, 0) is 9.59 Å². The van der Waals surface area contributed by atoms with Crippen molar-refractivity contribution in [1.29, 1.82) is 0 Å².